The molecule has 0 aliphatic carbocycles. The molecule has 0 spiro atoms. The maximum absolute atomic E-state index is 13.0. The monoisotopic (exact) mass is 339 g/mol. The quantitative estimate of drug-likeness (QED) is 0.901. The highest BCUT2D eigenvalue weighted by molar-refractivity contribution is 7.85. The summed E-state index contributed by atoms with van der Waals surface area (Å²) in [7, 11) is -1.46. The molecule has 0 radical (unpaired) electrons. The molecule has 0 saturated carbocycles. The first-order valence-electron chi connectivity index (χ1n) is 6.64. The molecule has 0 fully saturated rings. The first kappa shape index (κ1) is 16.6. The van der Waals surface area contributed by atoms with Crippen LogP contribution in [-0.2, 0) is 21.3 Å². The fourth-order valence-corrected chi connectivity index (χ4v) is 3.22. The van der Waals surface area contributed by atoms with Crippen LogP contribution in [0.3, 0.4) is 0 Å². The number of carbonyl (C=O) groups excluding carboxylic acids is 1. The summed E-state index contributed by atoms with van der Waals surface area (Å²) in [5, 5.41) is 2.21. The van der Waals surface area contributed by atoms with Crippen molar-refractivity contribution in [1.29, 1.82) is 0 Å². The van der Waals surface area contributed by atoms with Crippen molar-refractivity contribution in [1.82, 2.24) is 0 Å². The lowest BCUT2D eigenvalue weighted by Gasteiger charge is -2.13. The second-order valence-corrected chi connectivity index (χ2v) is 6.92. The Morgan fingerprint density at radius 1 is 1.27 bits per heavy atom. The van der Waals surface area contributed by atoms with Gasteiger partial charge >= 0.3 is 0 Å². The number of carbonyl (C=O) groups is 1. The standard InChI is InChI=1S/C16H15ClFNO2S/c1-11(16(20)19-14-5-3-2-4-6-14)22(21)10-12-7-8-13(18)9-15(12)17/h2-9,11H,10H2,1H3,(H,19,20). The van der Waals surface area contributed by atoms with Gasteiger partial charge < -0.3 is 5.32 Å². The molecule has 0 heterocycles. The number of amides is 1. The highest BCUT2D eigenvalue weighted by Gasteiger charge is 2.21. The van der Waals surface area contributed by atoms with E-state index in [9.17, 15) is 13.4 Å². The van der Waals surface area contributed by atoms with Gasteiger partial charge in [-0.1, -0.05) is 35.9 Å². The third-order valence-electron chi connectivity index (χ3n) is 3.12. The topological polar surface area (TPSA) is 46.2 Å². The molecular formula is C16H15ClFNO2S. The molecule has 0 bridgehead atoms. The van der Waals surface area contributed by atoms with Gasteiger partial charge in [0.2, 0.25) is 5.91 Å². The summed E-state index contributed by atoms with van der Waals surface area (Å²) in [5.41, 5.74) is 1.21. The van der Waals surface area contributed by atoms with Crippen LogP contribution in [0.15, 0.2) is 48.5 Å². The molecule has 0 aliphatic rings. The molecule has 2 rings (SSSR count). The van der Waals surface area contributed by atoms with Crippen LogP contribution >= 0.6 is 11.6 Å². The first-order chi connectivity index (χ1) is 10.5. The van der Waals surface area contributed by atoms with E-state index in [0.29, 0.717) is 11.3 Å². The molecule has 22 heavy (non-hydrogen) atoms. The maximum atomic E-state index is 13.0. The number of para-hydroxylation sites is 1. The van der Waals surface area contributed by atoms with Crippen molar-refractivity contribution in [2.45, 2.75) is 17.9 Å². The highest BCUT2D eigenvalue weighted by Crippen LogP contribution is 2.20. The van der Waals surface area contributed by atoms with Gasteiger partial charge in [-0.15, -0.1) is 0 Å². The maximum Gasteiger partial charge on any atom is 0.239 e. The Morgan fingerprint density at radius 2 is 1.95 bits per heavy atom. The van der Waals surface area contributed by atoms with Crippen molar-refractivity contribution in [3.8, 4) is 0 Å². The summed E-state index contributed by atoms with van der Waals surface area (Å²) in [4.78, 5) is 12.1. The Morgan fingerprint density at radius 3 is 2.59 bits per heavy atom. The predicted octanol–water partition coefficient (Wildman–Crippen LogP) is 3.76. The number of rotatable bonds is 5. The Bertz CT molecular complexity index is 694. The van der Waals surface area contributed by atoms with E-state index in [1.165, 1.54) is 18.2 Å². The number of halogens is 2. The molecule has 3 nitrogen and oxygen atoms in total. The normalized spacial score (nSPS) is 13.4. The van der Waals surface area contributed by atoms with E-state index in [2.05, 4.69) is 5.32 Å². The Labute approximate surface area is 136 Å². The number of benzene rings is 2. The van der Waals surface area contributed by atoms with E-state index >= 15 is 0 Å². The summed E-state index contributed by atoms with van der Waals surface area (Å²) in [5.74, 6) is -0.681. The van der Waals surface area contributed by atoms with E-state index < -0.39 is 21.9 Å². The van der Waals surface area contributed by atoms with Crippen LogP contribution in [0.1, 0.15) is 12.5 Å². The summed E-state index contributed by atoms with van der Waals surface area (Å²) >= 11 is 5.91. The number of hydrogen-bond donors (Lipinski definition) is 1. The summed E-state index contributed by atoms with van der Waals surface area (Å²) in [6.45, 7) is 1.59. The van der Waals surface area contributed by atoms with Crippen LogP contribution < -0.4 is 5.32 Å². The van der Waals surface area contributed by atoms with Crippen molar-refractivity contribution < 1.29 is 13.4 Å². The van der Waals surface area contributed by atoms with Gasteiger partial charge in [0.05, 0.1) is 5.75 Å². The van der Waals surface area contributed by atoms with Crippen LogP contribution in [0, 0.1) is 5.82 Å². The van der Waals surface area contributed by atoms with Gasteiger partial charge in [0, 0.05) is 21.5 Å². The van der Waals surface area contributed by atoms with Crippen molar-refractivity contribution in [3.05, 3.63) is 64.9 Å². The molecule has 6 heteroatoms. The SMILES string of the molecule is CC(C(=O)Nc1ccccc1)S(=O)Cc1ccc(F)cc1Cl. The van der Waals surface area contributed by atoms with Crippen molar-refractivity contribution in [3.63, 3.8) is 0 Å². The zero-order valence-electron chi connectivity index (χ0n) is 11.9. The van der Waals surface area contributed by atoms with E-state index in [-0.39, 0.29) is 16.7 Å². The molecule has 2 unspecified atom stereocenters. The zero-order chi connectivity index (χ0) is 16.1. The minimum absolute atomic E-state index is 0.0997. The van der Waals surface area contributed by atoms with Crippen LogP contribution in [0.2, 0.25) is 5.02 Å². The Kier molecular flexibility index (Phi) is 5.69. The molecule has 2 aromatic rings. The van der Waals surface area contributed by atoms with E-state index in [0.717, 1.165) is 0 Å². The minimum atomic E-state index is -1.46. The third-order valence-corrected chi connectivity index (χ3v) is 5.07. The second kappa shape index (κ2) is 7.51. The van der Waals surface area contributed by atoms with Crippen LogP contribution in [0.25, 0.3) is 0 Å². The molecular weight excluding hydrogens is 325 g/mol. The fourth-order valence-electron chi connectivity index (χ4n) is 1.80. The van der Waals surface area contributed by atoms with Gasteiger partial charge in [0.25, 0.3) is 0 Å². The van der Waals surface area contributed by atoms with E-state index in [4.69, 9.17) is 11.6 Å². The van der Waals surface area contributed by atoms with Crippen LogP contribution in [-0.4, -0.2) is 15.4 Å². The molecule has 0 aliphatic heterocycles. The smallest absolute Gasteiger partial charge is 0.239 e. The van der Waals surface area contributed by atoms with Gasteiger partial charge in [-0.3, -0.25) is 9.00 Å². The minimum Gasteiger partial charge on any atom is -0.325 e. The number of nitrogens with one attached hydrogen (secondary N) is 1. The lowest BCUT2D eigenvalue weighted by molar-refractivity contribution is -0.115. The zero-order valence-corrected chi connectivity index (χ0v) is 13.5. The molecule has 0 aromatic heterocycles. The first-order valence-corrected chi connectivity index (χ1v) is 8.40. The van der Waals surface area contributed by atoms with Crippen molar-refractivity contribution >= 4 is 34.0 Å². The molecule has 2 aromatic carbocycles. The molecule has 0 saturated heterocycles. The van der Waals surface area contributed by atoms with Crippen molar-refractivity contribution in [2.75, 3.05) is 5.32 Å². The summed E-state index contributed by atoms with van der Waals surface area (Å²) in [6.07, 6.45) is 0. The van der Waals surface area contributed by atoms with Gasteiger partial charge in [-0.05, 0) is 36.8 Å². The lowest BCUT2D eigenvalue weighted by Crippen LogP contribution is -2.29. The summed E-state index contributed by atoms with van der Waals surface area (Å²) in [6, 6.07) is 12.9. The average Bonchev–Trinajstić information content (AvgIpc) is 2.50. The van der Waals surface area contributed by atoms with E-state index in [1.807, 2.05) is 6.07 Å². The lowest BCUT2D eigenvalue weighted by atomic mass is 10.2. The van der Waals surface area contributed by atoms with Crippen LogP contribution in [0.5, 0.6) is 0 Å². The van der Waals surface area contributed by atoms with Crippen LogP contribution in [0.4, 0.5) is 10.1 Å². The van der Waals surface area contributed by atoms with E-state index in [1.54, 1.807) is 31.2 Å². The number of hydrogen-bond acceptors (Lipinski definition) is 2. The third kappa shape index (κ3) is 4.39. The largest absolute Gasteiger partial charge is 0.325 e. The Hall–Kier alpha value is -1.72. The molecule has 116 valence electrons. The van der Waals surface area contributed by atoms with Gasteiger partial charge in [0.1, 0.15) is 11.1 Å². The predicted molar refractivity (Wildman–Crippen MR) is 87.8 cm³/mol. The van der Waals surface area contributed by atoms with Gasteiger partial charge in [0.15, 0.2) is 0 Å². The fraction of sp³-hybridized carbons (Fsp3) is 0.188. The second-order valence-electron chi connectivity index (χ2n) is 4.76. The molecule has 1 amide bonds. The number of anilines is 1. The molecule has 2 atom stereocenters. The van der Waals surface area contributed by atoms with Gasteiger partial charge in [-0.2, -0.15) is 0 Å². The highest BCUT2D eigenvalue weighted by atomic mass is 35.5. The summed E-state index contributed by atoms with van der Waals surface area (Å²) < 4.78 is 25.3. The average molecular weight is 340 g/mol. The molecule has 1 N–H and O–H groups in total. The van der Waals surface area contributed by atoms with Crippen molar-refractivity contribution in [2.24, 2.45) is 0 Å². The van der Waals surface area contributed by atoms with Gasteiger partial charge in [-0.25, -0.2) is 4.39 Å². The Balaban J connectivity index is 2.01.